The molecule has 0 aliphatic rings. The number of rotatable bonds is 1. The van der Waals surface area contributed by atoms with Crippen molar-refractivity contribution in [1.29, 1.82) is 5.26 Å². The summed E-state index contributed by atoms with van der Waals surface area (Å²) < 4.78 is 0. The van der Waals surface area contributed by atoms with Gasteiger partial charge in [0.25, 0.3) is 0 Å². The van der Waals surface area contributed by atoms with Crippen molar-refractivity contribution in [2.24, 2.45) is 0 Å². The Kier molecular flexibility index (Phi) is 8.31. The predicted molar refractivity (Wildman–Crippen MR) is 138 cm³/mol. The highest BCUT2D eigenvalue weighted by Crippen LogP contribution is 2.21. The van der Waals surface area contributed by atoms with Gasteiger partial charge >= 0.3 is 0 Å². The number of halogens is 2. The maximum atomic E-state index is 8.34. The van der Waals surface area contributed by atoms with Crippen LogP contribution in [0.3, 0.4) is 0 Å². The maximum absolute atomic E-state index is 8.34. The van der Waals surface area contributed by atoms with Gasteiger partial charge in [-0.1, -0.05) is 47.5 Å². The Morgan fingerprint density at radius 3 is 1.73 bits per heavy atom. The van der Waals surface area contributed by atoms with E-state index in [1.807, 2.05) is 66.7 Å². The van der Waals surface area contributed by atoms with E-state index in [4.69, 9.17) is 39.9 Å². The second-order valence-electron chi connectivity index (χ2n) is 6.86. The number of H-pyrrole nitrogens is 1. The van der Waals surface area contributed by atoms with E-state index in [1.54, 1.807) is 36.4 Å². The number of fused-ring (bicyclic) bond motifs is 1. The van der Waals surface area contributed by atoms with E-state index < -0.39 is 0 Å². The van der Waals surface area contributed by atoms with E-state index in [9.17, 15) is 0 Å². The maximum Gasteiger partial charge on any atom is 0.138 e. The van der Waals surface area contributed by atoms with Crippen LogP contribution in [0.5, 0.6) is 0 Å². The Bertz CT molecular complexity index is 1300. The van der Waals surface area contributed by atoms with E-state index in [1.165, 1.54) is 0 Å². The third-order valence-electron chi connectivity index (χ3n) is 4.48. The van der Waals surface area contributed by atoms with Crippen LogP contribution in [0.15, 0.2) is 97.1 Å². The van der Waals surface area contributed by atoms with Crippen molar-refractivity contribution in [3.8, 4) is 17.5 Å². The zero-order chi connectivity index (χ0) is 23.6. The van der Waals surface area contributed by atoms with Crippen molar-refractivity contribution in [1.82, 2.24) is 9.97 Å². The first-order chi connectivity index (χ1) is 16.0. The topological polar surface area (TPSA) is 105 Å². The summed E-state index contributed by atoms with van der Waals surface area (Å²) in [7, 11) is 0. The summed E-state index contributed by atoms with van der Waals surface area (Å²) in [5.41, 5.74) is 15.8. The van der Waals surface area contributed by atoms with Gasteiger partial charge in [-0.2, -0.15) is 5.26 Å². The smallest absolute Gasteiger partial charge is 0.138 e. The normalized spacial score (nSPS) is 9.73. The molecule has 5 aromatic rings. The highest BCUT2D eigenvalue weighted by Gasteiger charge is 2.03. The fourth-order valence-corrected chi connectivity index (χ4v) is 2.98. The van der Waals surface area contributed by atoms with Crippen molar-refractivity contribution < 1.29 is 0 Å². The number of aromatic amines is 1. The van der Waals surface area contributed by atoms with E-state index in [0.29, 0.717) is 22.0 Å². The molecule has 0 saturated carbocycles. The molecule has 33 heavy (non-hydrogen) atoms. The number of anilines is 2. The summed E-state index contributed by atoms with van der Waals surface area (Å²) in [4.78, 5) is 7.79. The third kappa shape index (κ3) is 7.01. The van der Waals surface area contributed by atoms with Gasteiger partial charge in [0, 0.05) is 15.6 Å². The molecule has 0 fully saturated rings. The highest BCUT2D eigenvalue weighted by molar-refractivity contribution is 6.30. The predicted octanol–water partition coefficient (Wildman–Crippen LogP) is 6.95. The van der Waals surface area contributed by atoms with Crippen LogP contribution >= 0.6 is 23.2 Å². The quantitative estimate of drug-likeness (QED) is 0.229. The number of imidazole rings is 1. The monoisotopic (exact) mass is 473 g/mol. The second kappa shape index (κ2) is 11.6. The fraction of sp³-hybridized carbons (Fsp3) is 0. The van der Waals surface area contributed by atoms with Crippen molar-refractivity contribution in [3.05, 3.63) is 113 Å². The SMILES string of the molecule is Clc1ccc(-c2nc3ccccc3[nH]2)cc1.N#Cc1ccc(Cl)cc1.Nc1ccccc1N. The molecule has 0 atom stereocenters. The molecular weight excluding hydrogens is 453 g/mol. The van der Waals surface area contributed by atoms with Gasteiger partial charge in [0.1, 0.15) is 5.82 Å². The lowest BCUT2D eigenvalue weighted by molar-refractivity contribution is 1.34. The molecule has 7 heteroatoms. The molecule has 0 radical (unpaired) electrons. The van der Waals surface area contributed by atoms with Crippen LogP contribution in [0.25, 0.3) is 22.4 Å². The molecule has 0 aliphatic carbocycles. The highest BCUT2D eigenvalue weighted by atomic mass is 35.5. The van der Waals surface area contributed by atoms with E-state index in [0.717, 1.165) is 27.4 Å². The van der Waals surface area contributed by atoms with Crippen LogP contribution in [-0.4, -0.2) is 9.97 Å². The largest absolute Gasteiger partial charge is 0.397 e. The summed E-state index contributed by atoms with van der Waals surface area (Å²) in [6.07, 6.45) is 0. The molecule has 5 nitrogen and oxygen atoms in total. The minimum Gasteiger partial charge on any atom is -0.397 e. The van der Waals surface area contributed by atoms with E-state index >= 15 is 0 Å². The summed E-state index contributed by atoms with van der Waals surface area (Å²) in [5.74, 6) is 0.873. The molecule has 164 valence electrons. The number of hydrogen-bond donors (Lipinski definition) is 3. The lowest BCUT2D eigenvalue weighted by atomic mass is 10.2. The van der Waals surface area contributed by atoms with Gasteiger partial charge in [0.2, 0.25) is 0 Å². The van der Waals surface area contributed by atoms with Crippen LogP contribution in [0, 0.1) is 11.3 Å². The summed E-state index contributed by atoms with van der Waals surface area (Å²) >= 11 is 11.4. The van der Waals surface area contributed by atoms with Crippen LogP contribution in [-0.2, 0) is 0 Å². The Hall–Kier alpha value is -3.98. The first-order valence-corrected chi connectivity index (χ1v) is 10.7. The third-order valence-corrected chi connectivity index (χ3v) is 4.98. The summed E-state index contributed by atoms with van der Waals surface area (Å²) in [6, 6.07) is 31.6. The minimum atomic E-state index is 0.638. The van der Waals surface area contributed by atoms with Gasteiger partial charge in [-0.3, -0.25) is 0 Å². The summed E-state index contributed by atoms with van der Waals surface area (Å²) in [6.45, 7) is 0. The van der Waals surface area contributed by atoms with E-state index in [-0.39, 0.29) is 0 Å². The number of nitrogens with zero attached hydrogens (tertiary/aromatic N) is 2. The molecule has 0 saturated heterocycles. The number of hydrogen-bond acceptors (Lipinski definition) is 4. The number of nitrogens with two attached hydrogens (primary N) is 2. The van der Waals surface area contributed by atoms with Gasteiger partial charge in [-0.25, -0.2) is 4.98 Å². The number of para-hydroxylation sites is 4. The zero-order valence-corrected chi connectivity index (χ0v) is 19.1. The second-order valence-corrected chi connectivity index (χ2v) is 7.73. The van der Waals surface area contributed by atoms with E-state index in [2.05, 4.69) is 9.97 Å². The molecule has 0 bridgehead atoms. The number of nitrogens with one attached hydrogen (secondary N) is 1. The van der Waals surface area contributed by atoms with Crippen molar-refractivity contribution in [2.75, 3.05) is 11.5 Å². The van der Waals surface area contributed by atoms with Crippen molar-refractivity contribution >= 4 is 45.6 Å². The first-order valence-electron chi connectivity index (χ1n) is 9.92. The van der Waals surface area contributed by atoms with Crippen LogP contribution < -0.4 is 11.5 Å². The molecular formula is C26H21Cl2N5. The first kappa shape index (κ1) is 23.7. The fourth-order valence-electron chi connectivity index (χ4n) is 2.73. The number of benzene rings is 4. The van der Waals surface area contributed by atoms with Gasteiger partial charge in [0.05, 0.1) is 34.0 Å². The van der Waals surface area contributed by atoms with Gasteiger partial charge in [0.15, 0.2) is 0 Å². The Morgan fingerprint density at radius 2 is 1.21 bits per heavy atom. The molecule has 0 aliphatic heterocycles. The average molecular weight is 474 g/mol. The number of nitrogen functional groups attached to an aromatic ring is 2. The molecule has 5 rings (SSSR count). The van der Waals surface area contributed by atoms with Crippen LogP contribution in [0.4, 0.5) is 11.4 Å². The molecule has 5 N–H and O–H groups in total. The van der Waals surface area contributed by atoms with Gasteiger partial charge in [-0.05, 0) is 72.8 Å². The number of aromatic nitrogens is 2. The molecule has 0 unspecified atom stereocenters. The molecule has 4 aromatic carbocycles. The Balaban J connectivity index is 0.000000153. The lowest BCUT2D eigenvalue weighted by Gasteiger charge is -1.95. The van der Waals surface area contributed by atoms with Gasteiger partial charge in [-0.15, -0.1) is 0 Å². The van der Waals surface area contributed by atoms with Gasteiger partial charge < -0.3 is 16.5 Å². The molecule has 0 spiro atoms. The van der Waals surface area contributed by atoms with Crippen molar-refractivity contribution in [2.45, 2.75) is 0 Å². The standard InChI is InChI=1S/C13H9ClN2.C7H4ClN.C6H8N2/c14-10-7-5-9(6-8-10)13-15-11-3-1-2-4-12(11)16-13;8-7-3-1-6(5-9)2-4-7;7-5-3-1-2-4-6(5)8/h1-8H,(H,15,16);1-4H;1-4H,7-8H2. The number of nitriles is 1. The summed E-state index contributed by atoms with van der Waals surface area (Å²) in [5, 5.41) is 9.73. The van der Waals surface area contributed by atoms with Crippen LogP contribution in [0.2, 0.25) is 10.0 Å². The Morgan fingerprint density at radius 1 is 0.697 bits per heavy atom. The molecule has 1 aromatic heterocycles. The van der Waals surface area contributed by atoms with Crippen molar-refractivity contribution in [3.63, 3.8) is 0 Å². The Labute approximate surface area is 202 Å². The lowest BCUT2D eigenvalue weighted by Crippen LogP contribution is -1.91. The van der Waals surface area contributed by atoms with Crippen LogP contribution in [0.1, 0.15) is 5.56 Å². The average Bonchev–Trinajstić information content (AvgIpc) is 3.27. The molecule has 0 amide bonds. The minimum absolute atomic E-state index is 0.638. The molecule has 1 heterocycles. The zero-order valence-electron chi connectivity index (χ0n) is 17.5.